The Morgan fingerprint density at radius 3 is 2.35 bits per heavy atom. The van der Waals surface area contributed by atoms with E-state index in [1.54, 1.807) is 7.11 Å². The van der Waals surface area contributed by atoms with E-state index in [-0.39, 0.29) is 0 Å². The number of nitrogens with one attached hydrogen (secondary N) is 1. The van der Waals surface area contributed by atoms with Crippen LogP contribution in [0.2, 0.25) is 0 Å². The number of hydrogen-bond donors (Lipinski definition) is 2. The van der Waals surface area contributed by atoms with Crippen molar-refractivity contribution in [2.24, 2.45) is 10.7 Å². The second-order valence-corrected chi connectivity index (χ2v) is 5.61. The van der Waals surface area contributed by atoms with Gasteiger partial charge in [0.2, 0.25) is 0 Å². The average Bonchev–Trinajstić information content (AvgIpc) is 2.60. The lowest BCUT2D eigenvalue weighted by molar-refractivity contribution is 0.414. The second kappa shape index (κ2) is 8.22. The van der Waals surface area contributed by atoms with Gasteiger partial charge in [0, 0.05) is 5.69 Å². The summed E-state index contributed by atoms with van der Waals surface area (Å²) in [6.07, 6.45) is 1.14. The summed E-state index contributed by atoms with van der Waals surface area (Å²) in [5, 5.41) is 3.12. The molecule has 0 radical (unpaired) electrons. The molecule has 0 fully saturated rings. The van der Waals surface area contributed by atoms with Crippen molar-refractivity contribution < 1.29 is 4.74 Å². The highest BCUT2D eigenvalue weighted by Crippen LogP contribution is 2.20. The number of anilines is 1. The van der Waals surface area contributed by atoms with Crippen LogP contribution in [0.25, 0.3) is 0 Å². The van der Waals surface area contributed by atoms with Crippen molar-refractivity contribution in [3.63, 3.8) is 0 Å². The smallest absolute Gasteiger partial charge is 0.193 e. The molecule has 0 amide bonds. The standard InChI is InChI=1S/C19H25N3O/c1-4-14(2)16-7-9-17(10-8-16)22-19(20)21-13-15-5-11-18(23-3)12-6-15/h5-12,14H,4,13H2,1-3H3,(H3,20,21,22). The minimum absolute atomic E-state index is 0.414. The van der Waals surface area contributed by atoms with Crippen molar-refractivity contribution in [1.29, 1.82) is 0 Å². The van der Waals surface area contributed by atoms with Crippen LogP contribution >= 0.6 is 0 Å². The summed E-state index contributed by atoms with van der Waals surface area (Å²) in [5.74, 6) is 1.83. The molecule has 1 atom stereocenters. The van der Waals surface area contributed by atoms with E-state index in [4.69, 9.17) is 10.5 Å². The summed E-state index contributed by atoms with van der Waals surface area (Å²) in [6.45, 7) is 4.96. The van der Waals surface area contributed by atoms with Crippen molar-refractivity contribution in [2.45, 2.75) is 32.7 Å². The lowest BCUT2D eigenvalue weighted by Crippen LogP contribution is -2.22. The quantitative estimate of drug-likeness (QED) is 0.623. The van der Waals surface area contributed by atoms with Gasteiger partial charge in [-0.3, -0.25) is 0 Å². The number of aliphatic imine (C=N–C) groups is 1. The van der Waals surface area contributed by atoms with E-state index >= 15 is 0 Å². The van der Waals surface area contributed by atoms with E-state index in [0.717, 1.165) is 23.4 Å². The molecule has 0 bridgehead atoms. The van der Waals surface area contributed by atoms with Crippen LogP contribution in [0.15, 0.2) is 53.5 Å². The minimum Gasteiger partial charge on any atom is -0.497 e. The molecular weight excluding hydrogens is 286 g/mol. The number of methoxy groups -OCH3 is 1. The summed E-state index contributed by atoms with van der Waals surface area (Å²) >= 11 is 0. The number of ether oxygens (including phenoxy) is 1. The third-order valence-corrected chi connectivity index (χ3v) is 3.96. The molecule has 0 heterocycles. The third-order valence-electron chi connectivity index (χ3n) is 3.96. The molecule has 0 aromatic heterocycles. The monoisotopic (exact) mass is 311 g/mol. The highest BCUT2D eigenvalue weighted by Gasteiger charge is 2.02. The van der Waals surface area contributed by atoms with Gasteiger partial charge in [-0.05, 0) is 47.7 Å². The molecule has 1 unspecified atom stereocenters. The fourth-order valence-electron chi connectivity index (χ4n) is 2.23. The Morgan fingerprint density at radius 2 is 1.78 bits per heavy atom. The van der Waals surface area contributed by atoms with Crippen LogP contribution in [0, 0.1) is 0 Å². The highest BCUT2D eigenvalue weighted by molar-refractivity contribution is 5.92. The number of rotatable bonds is 6. The molecule has 23 heavy (non-hydrogen) atoms. The lowest BCUT2D eigenvalue weighted by Gasteiger charge is -2.11. The Bertz CT molecular complexity index is 633. The lowest BCUT2D eigenvalue weighted by atomic mass is 9.99. The van der Waals surface area contributed by atoms with Gasteiger partial charge in [-0.1, -0.05) is 38.1 Å². The van der Waals surface area contributed by atoms with Gasteiger partial charge in [-0.15, -0.1) is 0 Å². The first-order chi connectivity index (χ1) is 11.1. The highest BCUT2D eigenvalue weighted by atomic mass is 16.5. The van der Waals surface area contributed by atoms with Gasteiger partial charge >= 0.3 is 0 Å². The maximum atomic E-state index is 5.95. The molecule has 3 N–H and O–H groups in total. The van der Waals surface area contributed by atoms with E-state index in [1.165, 1.54) is 5.56 Å². The predicted molar refractivity (Wildman–Crippen MR) is 97.1 cm³/mol. The topological polar surface area (TPSA) is 59.6 Å². The van der Waals surface area contributed by atoms with Gasteiger partial charge < -0.3 is 15.8 Å². The summed E-state index contributed by atoms with van der Waals surface area (Å²) in [6, 6.07) is 16.1. The SMILES string of the molecule is CCC(C)c1ccc(NC(N)=NCc2ccc(OC)cc2)cc1. The Hall–Kier alpha value is -2.49. The molecule has 0 saturated carbocycles. The molecule has 0 aliphatic heterocycles. The van der Waals surface area contributed by atoms with E-state index in [2.05, 4.69) is 36.3 Å². The first-order valence-electron chi connectivity index (χ1n) is 7.92. The number of guanidine groups is 1. The van der Waals surface area contributed by atoms with Gasteiger partial charge in [-0.25, -0.2) is 4.99 Å². The van der Waals surface area contributed by atoms with Gasteiger partial charge in [0.1, 0.15) is 5.75 Å². The Morgan fingerprint density at radius 1 is 1.13 bits per heavy atom. The van der Waals surface area contributed by atoms with E-state index in [1.807, 2.05) is 36.4 Å². The second-order valence-electron chi connectivity index (χ2n) is 5.61. The van der Waals surface area contributed by atoms with Crippen molar-refractivity contribution in [2.75, 3.05) is 12.4 Å². The van der Waals surface area contributed by atoms with Crippen molar-refractivity contribution in [3.05, 3.63) is 59.7 Å². The van der Waals surface area contributed by atoms with E-state index in [0.29, 0.717) is 18.4 Å². The molecule has 0 saturated heterocycles. The zero-order valence-corrected chi connectivity index (χ0v) is 14.0. The molecule has 2 rings (SSSR count). The first kappa shape index (κ1) is 16.9. The van der Waals surface area contributed by atoms with Crippen LogP contribution < -0.4 is 15.8 Å². The van der Waals surface area contributed by atoms with Gasteiger partial charge in [0.15, 0.2) is 5.96 Å². The molecule has 2 aromatic rings. The zero-order chi connectivity index (χ0) is 16.7. The Kier molecular flexibility index (Phi) is 6.03. The minimum atomic E-state index is 0.414. The largest absolute Gasteiger partial charge is 0.497 e. The molecule has 2 aromatic carbocycles. The molecule has 122 valence electrons. The Balaban J connectivity index is 1.93. The first-order valence-corrected chi connectivity index (χ1v) is 7.92. The van der Waals surface area contributed by atoms with Gasteiger partial charge in [-0.2, -0.15) is 0 Å². The molecule has 0 aliphatic carbocycles. The van der Waals surface area contributed by atoms with E-state index < -0.39 is 0 Å². The molecule has 0 spiro atoms. The molecule has 4 nitrogen and oxygen atoms in total. The number of hydrogen-bond acceptors (Lipinski definition) is 2. The average molecular weight is 311 g/mol. The molecular formula is C19H25N3O. The normalized spacial score (nSPS) is 12.7. The fraction of sp³-hybridized carbons (Fsp3) is 0.316. The van der Waals surface area contributed by atoms with Crippen LogP contribution in [0.3, 0.4) is 0 Å². The maximum Gasteiger partial charge on any atom is 0.193 e. The predicted octanol–water partition coefficient (Wildman–Crippen LogP) is 4.14. The number of nitrogens with zero attached hydrogens (tertiary/aromatic N) is 1. The fourth-order valence-corrected chi connectivity index (χ4v) is 2.23. The summed E-state index contributed by atoms with van der Waals surface area (Å²) in [4.78, 5) is 4.36. The maximum absolute atomic E-state index is 5.95. The third kappa shape index (κ3) is 5.02. The van der Waals surface area contributed by atoms with E-state index in [9.17, 15) is 0 Å². The Labute approximate surface area is 138 Å². The van der Waals surface area contributed by atoms with Crippen molar-refractivity contribution in [3.8, 4) is 5.75 Å². The van der Waals surface area contributed by atoms with Crippen LogP contribution in [0.1, 0.15) is 37.3 Å². The van der Waals surface area contributed by atoms with Crippen LogP contribution in [-0.2, 0) is 6.54 Å². The summed E-state index contributed by atoms with van der Waals surface area (Å²) in [5.41, 5.74) is 9.33. The summed E-state index contributed by atoms with van der Waals surface area (Å²) in [7, 11) is 1.65. The van der Waals surface area contributed by atoms with Crippen LogP contribution in [0.4, 0.5) is 5.69 Å². The summed E-state index contributed by atoms with van der Waals surface area (Å²) < 4.78 is 5.14. The van der Waals surface area contributed by atoms with Crippen LogP contribution in [0.5, 0.6) is 5.75 Å². The van der Waals surface area contributed by atoms with Crippen LogP contribution in [-0.4, -0.2) is 13.1 Å². The van der Waals surface area contributed by atoms with Crippen molar-refractivity contribution in [1.82, 2.24) is 0 Å². The molecule has 0 aliphatic rings. The number of benzene rings is 2. The molecule has 4 heteroatoms. The zero-order valence-electron chi connectivity index (χ0n) is 14.0. The van der Waals surface area contributed by atoms with Crippen molar-refractivity contribution >= 4 is 11.6 Å². The number of nitrogens with two attached hydrogens (primary N) is 1. The van der Waals surface area contributed by atoms with Gasteiger partial charge in [0.25, 0.3) is 0 Å². The van der Waals surface area contributed by atoms with Gasteiger partial charge in [0.05, 0.1) is 13.7 Å².